The average Bonchev–Trinajstić information content (AvgIpc) is 2.99. The van der Waals surface area contributed by atoms with Crippen LogP contribution in [0.1, 0.15) is 49.7 Å². The molecule has 1 N–H and O–H groups in total. The van der Waals surface area contributed by atoms with Gasteiger partial charge in [0.25, 0.3) is 0 Å². The molecule has 3 heteroatoms. The maximum absolute atomic E-state index is 5.73. The highest BCUT2D eigenvalue weighted by Gasteiger charge is 2.17. The van der Waals surface area contributed by atoms with Crippen molar-refractivity contribution in [3.05, 3.63) is 52.2 Å². The number of hydrogen-bond acceptors (Lipinski definition) is 3. The smallest absolute Gasteiger partial charge is 0.124 e. The summed E-state index contributed by atoms with van der Waals surface area (Å²) in [6.45, 7) is 7.15. The number of thiophene rings is 1. The van der Waals surface area contributed by atoms with Crippen LogP contribution in [0.4, 0.5) is 0 Å². The van der Waals surface area contributed by atoms with Gasteiger partial charge >= 0.3 is 0 Å². The second-order valence-corrected chi connectivity index (χ2v) is 5.81. The molecular weight excluding hydrogens is 266 g/mol. The molecule has 1 aromatic carbocycles. The lowest BCUT2D eigenvalue weighted by Gasteiger charge is -2.23. The summed E-state index contributed by atoms with van der Waals surface area (Å²) in [6.07, 6.45) is 1.08. The number of ether oxygens (including phenoxy) is 1. The molecule has 1 aromatic heterocycles. The van der Waals surface area contributed by atoms with Crippen LogP contribution in [0.2, 0.25) is 0 Å². The maximum Gasteiger partial charge on any atom is 0.124 e. The largest absolute Gasteiger partial charge is 0.494 e. The molecule has 2 atom stereocenters. The minimum Gasteiger partial charge on any atom is -0.494 e. The summed E-state index contributed by atoms with van der Waals surface area (Å²) in [7, 11) is 0. The lowest BCUT2D eigenvalue weighted by atomic mass is 10.0. The Balaban J connectivity index is 2.13. The Morgan fingerprint density at radius 3 is 2.60 bits per heavy atom. The molecule has 0 aliphatic heterocycles. The lowest BCUT2D eigenvalue weighted by molar-refractivity contribution is 0.330. The maximum atomic E-state index is 5.73. The second kappa shape index (κ2) is 7.46. The molecule has 108 valence electrons. The monoisotopic (exact) mass is 289 g/mol. The van der Waals surface area contributed by atoms with Crippen LogP contribution in [0, 0.1) is 0 Å². The van der Waals surface area contributed by atoms with Gasteiger partial charge in [0.2, 0.25) is 0 Å². The fourth-order valence-electron chi connectivity index (χ4n) is 2.41. The van der Waals surface area contributed by atoms with Gasteiger partial charge in [-0.3, -0.25) is 0 Å². The standard InChI is InChI=1S/C17H23NOS/c1-4-15(17-11-8-12-20-17)18-13(3)14-9-6-7-10-16(14)19-5-2/h6-13,15,18H,4-5H2,1-3H3. The molecule has 0 bridgehead atoms. The Bertz CT molecular complexity index is 509. The van der Waals surface area contributed by atoms with Crippen LogP contribution in [0.25, 0.3) is 0 Å². The molecule has 0 spiro atoms. The number of hydrogen-bond donors (Lipinski definition) is 1. The molecule has 0 saturated heterocycles. The SMILES string of the molecule is CCOc1ccccc1C(C)NC(CC)c1cccs1. The van der Waals surface area contributed by atoms with Crippen molar-refractivity contribution in [2.75, 3.05) is 6.61 Å². The molecule has 0 aliphatic carbocycles. The normalized spacial score (nSPS) is 13.9. The van der Waals surface area contributed by atoms with Gasteiger partial charge in [-0.25, -0.2) is 0 Å². The molecular formula is C17H23NOS. The van der Waals surface area contributed by atoms with E-state index >= 15 is 0 Å². The quantitative estimate of drug-likeness (QED) is 0.778. The fourth-order valence-corrected chi connectivity index (χ4v) is 3.28. The first-order valence-corrected chi connectivity index (χ1v) is 8.15. The molecule has 1 heterocycles. The number of rotatable bonds is 7. The van der Waals surface area contributed by atoms with Gasteiger partial charge in [-0.2, -0.15) is 0 Å². The minimum atomic E-state index is 0.268. The van der Waals surface area contributed by atoms with E-state index in [-0.39, 0.29) is 6.04 Å². The van der Waals surface area contributed by atoms with E-state index in [9.17, 15) is 0 Å². The number of benzene rings is 1. The Hall–Kier alpha value is -1.32. The number of nitrogens with one attached hydrogen (secondary N) is 1. The summed E-state index contributed by atoms with van der Waals surface area (Å²) in [5, 5.41) is 5.85. The molecule has 2 rings (SSSR count). The third-order valence-electron chi connectivity index (χ3n) is 3.43. The lowest BCUT2D eigenvalue weighted by Crippen LogP contribution is -2.24. The summed E-state index contributed by atoms with van der Waals surface area (Å²) < 4.78 is 5.73. The molecule has 2 aromatic rings. The Kier molecular flexibility index (Phi) is 5.62. The molecule has 0 amide bonds. The first-order chi connectivity index (χ1) is 9.76. The minimum absolute atomic E-state index is 0.268. The van der Waals surface area contributed by atoms with Gasteiger partial charge in [-0.05, 0) is 37.8 Å². The van der Waals surface area contributed by atoms with E-state index in [1.807, 2.05) is 30.4 Å². The van der Waals surface area contributed by atoms with Crippen LogP contribution in [0.15, 0.2) is 41.8 Å². The zero-order valence-corrected chi connectivity index (χ0v) is 13.2. The van der Waals surface area contributed by atoms with Crippen LogP contribution >= 0.6 is 11.3 Å². The predicted molar refractivity (Wildman–Crippen MR) is 86.5 cm³/mol. The van der Waals surface area contributed by atoms with Crippen molar-refractivity contribution < 1.29 is 4.74 Å². The van der Waals surface area contributed by atoms with Crippen LogP contribution in [0.5, 0.6) is 5.75 Å². The zero-order chi connectivity index (χ0) is 14.4. The van der Waals surface area contributed by atoms with Gasteiger partial charge in [0.1, 0.15) is 5.75 Å². The summed E-state index contributed by atoms with van der Waals surface area (Å²) >= 11 is 1.81. The van der Waals surface area contributed by atoms with Gasteiger partial charge < -0.3 is 10.1 Å². The van der Waals surface area contributed by atoms with E-state index in [0.29, 0.717) is 12.6 Å². The highest BCUT2D eigenvalue weighted by Crippen LogP contribution is 2.29. The molecule has 2 nitrogen and oxygen atoms in total. The molecule has 0 aliphatic rings. The van der Waals surface area contributed by atoms with Crippen LogP contribution in [0.3, 0.4) is 0 Å². The molecule has 0 fully saturated rings. The van der Waals surface area contributed by atoms with E-state index in [1.54, 1.807) is 0 Å². The summed E-state index contributed by atoms with van der Waals surface area (Å²) in [4.78, 5) is 1.40. The number of para-hydroxylation sites is 1. The zero-order valence-electron chi connectivity index (χ0n) is 12.4. The molecule has 0 radical (unpaired) electrons. The highest BCUT2D eigenvalue weighted by molar-refractivity contribution is 7.10. The first kappa shape index (κ1) is 15.1. The molecule has 20 heavy (non-hydrogen) atoms. The topological polar surface area (TPSA) is 21.3 Å². The summed E-state index contributed by atoms with van der Waals surface area (Å²) in [5.74, 6) is 0.982. The van der Waals surface area contributed by atoms with E-state index in [2.05, 4.69) is 48.8 Å². The van der Waals surface area contributed by atoms with Crippen molar-refractivity contribution in [2.24, 2.45) is 0 Å². The van der Waals surface area contributed by atoms with Gasteiger partial charge in [0.05, 0.1) is 6.61 Å². The van der Waals surface area contributed by atoms with Crippen molar-refractivity contribution in [1.29, 1.82) is 0 Å². The molecule has 0 saturated carbocycles. The third-order valence-corrected chi connectivity index (χ3v) is 4.42. The Morgan fingerprint density at radius 1 is 1.15 bits per heavy atom. The van der Waals surface area contributed by atoms with Crippen LogP contribution in [-0.2, 0) is 0 Å². The van der Waals surface area contributed by atoms with Crippen molar-refractivity contribution in [3.63, 3.8) is 0 Å². The van der Waals surface area contributed by atoms with Crippen molar-refractivity contribution in [3.8, 4) is 5.75 Å². The van der Waals surface area contributed by atoms with E-state index in [0.717, 1.165) is 12.2 Å². The van der Waals surface area contributed by atoms with Crippen molar-refractivity contribution >= 4 is 11.3 Å². The van der Waals surface area contributed by atoms with E-state index in [1.165, 1.54) is 10.4 Å². The van der Waals surface area contributed by atoms with Gasteiger partial charge in [-0.15, -0.1) is 11.3 Å². The summed E-state index contributed by atoms with van der Waals surface area (Å²) in [5.41, 5.74) is 1.23. The summed E-state index contributed by atoms with van der Waals surface area (Å²) in [6, 6.07) is 13.3. The second-order valence-electron chi connectivity index (χ2n) is 4.84. The molecule has 2 unspecified atom stereocenters. The average molecular weight is 289 g/mol. The Labute approximate surface area is 125 Å². The van der Waals surface area contributed by atoms with Crippen molar-refractivity contribution in [1.82, 2.24) is 5.32 Å². The van der Waals surface area contributed by atoms with Gasteiger partial charge in [-0.1, -0.05) is 31.2 Å². The van der Waals surface area contributed by atoms with Gasteiger partial charge in [0, 0.05) is 22.5 Å². The predicted octanol–water partition coefficient (Wildman–Crippen LogP) is 4.95. The first-order valence-electron chi connectivity index (χ1n) is 7.27. The van der Waals surface area contributed by atoms with Crippen molar-refractivity contribution in [2.45, 2.75) is 39.3 Å². The van der Waals surface area contributed by atoms with E-state index < -0.39 is 0 Å². The fraction of sp³-hybridized carbons (Fsp3) is 0.412. The highest BCUT2D eigenvalue weighted by atomic mass is 32.1. The van der Waals surface area contributed by atoms with Gasteiger partial charge in [0.15, 0.2) is 0 Å². The third kappa shape index (κ3) is 3.62. The Morgan fingerprint density at radius 2 is 1.95 bits per heavy atom. The van der Waals surface area contributed by atoms with Crippen LogP contribution in [-0.4, -0.2) is 6.61 Å². The van der Waals surface area contributed by atoms with E-state index in [4.69, 9.17) is 4.74 Å². The van der Waals surface area contributed by atoms with Crippen LogP contribution < -0.4 is 10.1 Å².